The highest BCUT2D eigenvalue weighted by Crippen LogP contribution is 2.23. The van der Waals surface area contributed by atoms with Crippen molar-refractivity contribution in [2.45, 2.75) is 256 Å². The Balaban J connectivity index is 2.36. The van der Waals surface area contributed by atoms with Crippen molar-refractivity contribution in [1.82, 2.24) is 0 Å². The highest BCUT2D eigenvalue weighted by molar-refractivity contribution is 5.74. The quantitative estimate of drug-likeness (QED) is 0.0297. The number of rotatable bonds is 39. The minimum Gasteiger partial charge on any atom is -0.462 e. The molecule has 0 amide bonds. The Labute approximate surface area is 341 Å². The Hall–Kier alpha value is -1.34. The van der Waals surface area contributed by atoms with E-state index in [0.29, 0.717) is 12.8 Å². The van der Waals surface area contributed by atoms with Crippen molar-refractivity contribution in [3.8, 4) is 0 Å². The number of carbonyl (C=O) groups is 2. The number of hydrogen-bond donors (Lipinski definition) is 5. The van der Waals surface area contributed by atoms with E-state index in [1.165, 1.54) is 135 Å². The summed E-state index contributed by atoms with van der Waals surface area (Å²) in [6.07, 6.45) is 25.8. The van der Waals surface area contributed by atoms with E-state index in [2.05, 4.69) is 13.8 Å². The van der Waals surface area contributed by atoms with Crippen LogP contribution in [-0.4, -0.2) is 100 Å². The van der Waals surface area contributed by atoms with Crippen LogP contribution in [0.2, 0.25) is 0 Å². The zero-order valence-corrected chi connectivity index (χ0v) is 35.8. The second-order valence-corrected chi connectivity index (χ2v) is 16.4. The number of esters is 2. The summed E-state index contributed by atoms with van der Waals surface area (Å²) in [6, 6.07) is 0. The molecule has 0 spiro atoms. The molecule has 1 fully saturated rings. The first-order valence-electron chi connectivity index (χ1n) is 23.2. The third kappa shape index (κ3) is 27.4. The summed E-state index contributed by atoms with van der Waals surface area (Å²) in [5.74, 6) is -1.29. The van der Waals surface area contributed by atoms with Crippen molar-refractivity contribution in [2.75, 3.05) is 19.8 Å². The Morgan fingerprint density at radius 3 is 1.39 bits per heavy atom. The molecule has 1 aliphatic rings. The van der Waals surface area contributed by atoms with E-state index in [1.54, 1.807) is 0 Å². The fraction of sp³-hybridized carbons (Fsp3) is 0.956. The van der Waals surface area contributed by atoms with Crippen LogP contribution in [0.4, 0.5) is 0 Å². The molecule has 11 heteroatoms. The maximum Gasteiger partial charge on any atom is 0.335 e. The number of aliphatic hydroxyl groups is 5. The molecular formula is C45H86O11. The molecule has 5 N–H and O–H groups in total. The van der Waals surface area contributed by atoms with Crippen LogP contribution < -0.4 is 0 Å². The standard InChI is InChI=1S/C45H86O11/c1-3-5-7-9-11-13-15-17-19-21-23-25-27-29-31-33-40(48)53-35-37(36-54-45-43(51)42(50)41(49)39(34-46)56-45)55-44(52)38(47)32-30-28-26-24-22-20-18-16-14-12-10-8-6-4-2/h37-39,41-43,45-47,49-51H,3-36H2,1-2H3/t37-,38+,39-,41+,42+,43-,45-/m1/s1. The molecule has 11 nitrogen and oxygen atoms in total. The summed E-state index contributed by atoms with van der Waals surface area (Å²) in [5.41, 5.74) is 0. The lowest BCUT2D eigenvalue weighted by Gasteiger charge is -2.39. The van der Waals surface area contributed by atoms with Crippen LogP contribution in [0.15, 0.2) is 0 Å². The van der Waals surface area contributed by atoms with Gasteiger partial charge in [0.2, 0.25) is 0 Å². The molecule has 0 unspecified atom stereocenters. The molecule has 1 saturated heterocycles. The summed E-state index contributed by atoms with van der Waals surface area (Å²) in [4.78, 5) is 25.4. The molecule has 1 rings (SSSR count). The molecule has 0 aromatic heterocycles. The maximum atomic E-state index is 12.8. The lowest BCUT2D eigenvalue weighted by atomic mass is 9.99. The monoisotopic (exact) mass is 803 g/mol. The summed E-state index contributed by atoms with van der Waals surface area (Å²) in [6.45, 7) is 3.17. The highest BCUT2D eigenvalue weighted by atomic mass is 16.7. The average Bonchev–Trinajstić information content (AvgIpc) is 3.19. The minimum absolute atomic E-state index is 0.230. The van der Waals surface area contributed by atoms with Crippen LogP contribution in [-0.2, 0) is 28.5 Å². The van der Waals surface area contributed by atoms with Crippen LogP contribution in [0.25, 0.3) is 0 Å². The van der Waals surface area contributed by atoms with E-state index in [1.807, 2.05) is 0 Å². The number of carbonyl (C=O) groups excluding carboxylic acids is 2. The second kappa shape index (κ2) is 36.7. The second-order valence-electron chi connectivity index (χ2n) is 16.4. The minimum atomic E-state index is -1.64. The smallest absolute Gasteiger partial charge is 0.335 e. The number of aliphatic hydroxyl groups excluding tert-OH is 5. The molecule has 332 valence electrons. The molecule has 0 bridgehead atoms. The van der Waals surface area contributed by atoms with Gasteiger partial charge >= 0.3 is 11.9 Å². The van der Waals surface area contributed by atoms with Crippen molar-refractivity contribution >= 4 is 11.9 Å². The first-order valence-corrected chi connectivity index (χ1v) is 23.2. The van der Waals surface area contributed by atoms with Gasteiger partial charge in [-0.1, -0.05) is 194 Å². The molecule has 0 aromatic carbocycles. The first kappa shape index (κ1) is 52.7. The zero-order valence-electron chi connectivity index (χ0n) is 35.8. The van der Waals surface area contributed by atoms with Crippen LogP contribution in [0, 0.1) is 0 Å². The summed E-state index contributed by atoms with van der Waals surface area (Å²) >= 11 is 0. The summed E-state index contributed by atoms with van der Waals surface area (Å²) in [7, 11) is 0. The van der Waals surface area contributed by atoms with Gasteiger partial charge in [0.1, 0.15) is 31.0 Å². The molecular weight excluding hydrogens is 716 g/mol. The molecule has 56 heavy (non-hydrogen) atoms. The molecule has 0 saturated carbocycles. The molecule has 0 radical (unpaired) electrons. The van der Waals surface area contributed by atoms with Gasteiger partial charge in [0.25, 0.3) is 0 Å². The Morgan fingerprint density at radius 2 is 0.964 bits per heavy atom. The third-order valence-corrected chi connectivity index (χ3v) is 11.1. The van der Waals surface area contributed by atoms with Gasteiger partial charge in [0, 0.05) is 6.42 Å². The summed E-state index contributed by atoms with van der Waals surface area (Å²) in [5, 5.41) is 50.6. The number of ether oxygens (including phenoxy) is 4. The third-order valence-electron chi connectivity index (χ3n) is 11.1. The van der Waals surface area contributed by atoms with Gasteiger partial charge in [-0.25, -0.2) is 4.79 Å². The maximum absolute atomic E-state index is 12.8. The molecule has 7 atom stereocenters. The highest BCUT2D eigenvalue weighted by Gasteiger charge is 2.44. The van der Waals surface area contributed by atoms with Crippen LogP contribution in [0.5, 0.6) is 0 Å². The fourth-order valence-corrected chi connectivity index (χ4v) is 7.32. The molecule has 1 heterocycles. The van der Waals surface area contributed by atoms with Gasteiger partial charge in [-0.3, -0.25) is 4.79 Å². The SMILES string of the molecule is CCCCCCCCCCCCCCCCCC(=O)OC[C@H](CO[C@@H]1O[C@H](CO)[C@H](O)[C@H](O)[C@H]1O)OC(=O)[C@@H](O)CCCCCCCCCCCCCCCC. The Bertz CT molecular complexity index is 903. The fourth-order valence-electron chi connectivity index (χ4n) is 7.32. The average molecular weight is 803 g/mol. The van der Waals surface area contributed by atoms with Crippen molar-refractivity contribution in [3.63, 3.8) is 0 Å². The topological polar surface area (TPSA) is 172 Å². The van der Waals surface area contributed by atoms with Gasteiger partial charge in [-0.2, -0.15) is 0 Å². The Morgan fingerprint density at radius 1 is 0.554 bits per heavy atom. The lowest BCUT2D eigenvalue weighted by molar-refractivity contribution is -0.305. The first-order chi connectivity index (χ1) is 27.2. The van der Waals surface area contributed by atoms with E-state index in [-0.39, 0.29) is 26.1 Å². The predicted octanol–water partition coefficient (Wildman–Crippen LogP) is 8.75. The van der Waals surface area contributed by atoms with Gasteiger partial charge in [0.05, 0.1) is 13.2 Å². The molecule has 1 aliphatic heterocycles. The van der Waals surface area contributed by atoms with Crippen LogP contribution in [0.1, 0.15) is 213 Å². The summed E-state index contributed by atoms with van der Waals surface area (Å²) < 4.78 is 21.9. The number of unbranched alkanes of at least 4 members (excludes halogenated alkanes) is 27. The van der Waals surface area contributed by atoms with Crippen LogP contribution >= 0.6 is 0 Å². The lowest BCUT2D eigenvalue weighted by Crippen LogP contribution is -2.59. The van der Waals surface area contributed by atoms with Gasteiger partial charge in [-0.15, -0.1) is 0 Å². The predicted molar refractivity (Wildman–Crippen MR) is 221 cm³/mol. The van der Waals surface area contributed by atoms with Gasteiger partial charge in [-0.05, 0) is 12.8 Å². The largest absolute Gasteiger partial charge is 0.462 e. The van der Waals surface area contributed by atoms with E-state index >= 15 is 0 Å². The van der Waals surface area contributed by atoms with E-state index in [0.717, 1.165) is 38.5 Å². The molecule has 0 aliphatic carbocycles. The normalized spacial score (nSPS) is 20.9. The number of hydrogen-bond acceptors (Lipinski definition) is 11. The molecule has 0 aromatic rings. The van der Waals surface area contributed by atoms with Crippen molar-refractivity contribution < 1.29 is 54.1 Å². The van der Waals surface area contributed by atoms with Crippen molar-refractivity contribution in [1.29, 1.82) is 0 Å². The van der Waals surface area contributed by atoms with Gasteiger partial charge < -0.3 is 44.5 Å². The van der Waals surface area contributed by atoms with E-state index < -0.39 is 61.5 Å². The van der Waals surface area contributed by atoms with Crippen molar-refractivity contribution in [2.24, 2.45) is 0 Å². The van der Waals surface area contributed by atoms with E-state index in [4.69, 9.17) is 18.9 Å². The van der Waals surface area contributed by atoms with E-state index in [9.17, 15) is 35.1 Å². The van der Waals surface area contributed by atoms with Crippen molar-refractivity contribution in [3.05, 3.63) is 0 Å². The zero-order chi connectivity index (χ0) is 41.1. The Kier molecular flexibility index (Phi) is 34.5. The van der Waals surface area contributed by atoms with Crippen LogP contribution in [0.3, 0.4) is 0 Å². The van der Waals surface area contributed by atoms with Gasteiger partial charge in [0.15, 0.2) is 18.5 Å².